The molecule has 0 aliphatic carbocycles. The third kappa shape index (κ3) is 3.73. The molecule has 1 aromatic heterocycles. The fourth-order valence-electron chi connectivity index (χ4n) is 3.06. The van der Waals surface area contributed by atoms with Crippen LogP contribution < -0.4 is 5.32 Å². The maximum Gasteiger partial charge on any atom is 0.0553 e. The highest BCUT2D eigenvalue weighted by Crippen LogP contribution is 2.24. The van der Waals surface area contributed by atoms with E-state index in [0.717, 1.165) is 19.4 Å². The molecule has 3 nitrogen and oxygen atoms in total. The maximum atomic E-state index is 4.32. The smallest absolute Gasteiger partial charge is 0.0553 e. The zero-order chi connectivity index (χ0) is 15.4. The van der Waals surface area contributed by atoms with Gasteiger partial charge < -0.3 is 5.32 Å². The van der Waals surface area contributed by atoms with E-state index in [4.69, 9.17) is 0 Å². The van der Waals surface area contributed by atoms with E-state index in [1.807, 2.05) is 17.9 Å². The Hall–Kier alpha value is -1.61. The van der Waals surface area contributed by atoms with Gasteiger partial charge in [0.2, 0.25) is 0 Å². The average Bonchev–Trinajstić information content (AvgIpc) is 2.83. The van der Waals surface area contributed by atoms with Crippen LogP contribution in [-0.4, -0.2) is 16.3 Å². The fourth-order valence-corrected chi connectivity index (χ4v) is 3.06. The summed E-state index contributed by atoms with van der Waals surface area (Å²) in [5.74, 6) is 0. The van der Waals surface area contributed by atoms with Crippen LogP contribution in [0.3, 0.4) is 0 Å². The highest BCUT2D eigenvalue weighted by molar-refractivity contribution is 5.38. The van der Waals surface area contributed by atoms with Crippen LogP contribution in [0.25, 0.3) is 0 Å². The van der Waals surface area contributed by atoms with Crippen molar-refractivity contribution in [1.29, 1.82) is 0 Å². The molecule has 1 atom stereocenters. The summed E-state index contributed by atoms with van der Waals surface area (Å²) in [7, 11) is 2.02. The number of aryl methyl sites for hydroxylation is 4. The van der Waals surface area contributed by atoms with E-state index in [-0.39, 0.29) is 0 Å². The van der Waals surface area contributed by atoms with E-state index in [1.165, 1.54) is 27.9 Å². The van der Waals surface area contributed by atoms with Crippen molar-refractivity contribution >= 4 is 0 Å². The molecule has 1 heterocycles. The topological polar surface area (TPSA) is 29.9 Å². The lowest BCUT2D eigenvalue weighted by Crippen LogP contribution is -2.26. The lowest BCUT2D eigenvalue weighted by atomic mass is 9.93. The van der Waals surface area contributed by atoms with Crippen LogP contribution in [0, 0.1) is 20.8 Å². The molecular weight excluding hydrogens is 258 g/mol. The number of nitrogens with zero attached hydrogens (tertiary/aromatic N) is 2. The SMILES string of the molecule is CCCNC(Cc1c(C)cc(C)cc1C)c1ccnn1C. The fraction of sp³-hybridized carbons (Fsp3) is 0.500. The molecule has 0 fully saturated rings. The van der Waals surface area contributed by atoms with Crippen molar-refractivity contribution in [3.05, 3.63) is 52.3 Å². The second-order valence-electron chi connectivity index (χ2n) is 5.97. The Balaban J connectivity index is 2.29. The molecule has 1 N–H and O–H groups in total. The maximum absolute atomic E-state index is 4.32. The minimum absolute atomic E-state index is 0.317. The monoisotopic (exact) mass is 285 g/mol. The van der Waals surface area contributed by atoms with E-state index >= 15 is 0 Å². The molecule has 1 unspecified atom stereocenters. The highest BCUT2D eigenvalue weighted by atomic mass is 15.3. The summed E-state index contributed by atoms with van der Waals surface area (Å²) >= 11 is 0. The Bertz CT molecular complexity index is 575. The van der Waals surface area contributed by atoms with Gasteiger partial charge in [-0.2, -0.15) is 5.10 Å². The first-order valence-corrected chi connectivity index (χ1v) is 7.81. The molecule has 21 heavy (non-hydrogen) atoms. The number of hydrogen-bond acceptors (Lipinski definition) is 2. The van der Waals surface area contributed by atoms with E-state index < -0.39 is 0 Å². The normalized spacial score (nSPS) is 12.6. The molecule has 1 aromatic carbocycles. The minimum atomic E-state index is 0.317. The van der Waals surface area contributed by atoms with Gasteiger partial charge in [-0.3, -0.25) is 4.68 Å². The van der Waals surface area contributed by atoms with Crippen molar-refractivity contribution < 1.29 is 0 Å². The first kappa shape index (κ1) is 15.8. The van der Waals surface area contributed by atoms with Crippen LogP contribution in [-0.2, 0) is 13.5 Å². The van der Waals surface area contributed by atoms with Gasteiger partial charge in [-0.15, -0.1) is 0 Å². The van der Waals surface area contributed by atoms with Crippen LogP contribution >= 0.6 is 0 Å². The summed E-state index contributed by atoms with van der Waals surface area (Å²) < 4.78 is 1.98. The van der Waals surface area contributed by atoms with Crippen molar-refractivity contribution in [3.8, 4) is 0 Å². The Labute approximate surface area is 128 Å². The van der Waals surface area contributed by atoms with Crippen LogP contribution in [0.2, 0.25) is 0 Å². The van der Waals surface area contributed by atoms with Crippen LogP contribution in [0.4, 0.5) is 0 Å². The molecule has 0 radical (unpaired) electrons. The Morgan fingerprint density at radius 3 is 2.38 bits per heavy atom. The number of hydrogen-bond donors (Lipinski definition) is 1. The molecule has 0 aliphatic rings. The number of benzene rings is 1. The molecule has 0 saturated carbocycles. The van der Waals surface area contributed by atoms with E-state index in [2.05, 4.69) is 56.3 Å². The van der Waals surface area contributed by atoms with Gasteiger partial charge in [-0.05, 0) is 62.9 Å². The second-order valence-corrected chi connectivity index (χ2v) is 5.97. The largest absolute Gasteiger partial charge is 0.308 e. The lowest BCUT2D eigenvalue weighted by molar-refractivity contribution is 0.492. The van der Waals surface area contributed by atoms with Crippen LogP contribution in [0.5, 0.6) is 0 Å². The summed E-state index contributed by atoms with van der Waals surface area (Å²) in [5, 5.41) is 7.99. The molecule has 0 aliphatic heterocycles. The lowest BCUT2D eigenvalue weighted by Gasteiger charge is -2.21. The van der Waals surface area contributed by atoms with Crippen LogP contribution in [0.15, 0.2) is 24.4 Å². The van der Waals surface area contributed by atoms with Gasteiger partial charge >= 0.3 is 0 Å². The zero-order valence-corrected chi connectivity index (χ0v) is 13.9. The molecule has 0 saturated heterocycles. The van der Waals surface area contributed by atoms with Crippen molar-refractivity contribution in [2.24, 2.45) is 7.05 Å². The summed E-state index contributed by atoms with van der Waals surface area (Å²) in [6.45, 7) is 9.83. The highest BCUT2D eigenvalue weighted by Gasteiger charge is 2.17. The number of aromatic nitrogens is 2. The van der Waals surface area contributed by atoms with Crippen molar-refractivity contribution in [3.63, 3.8) is 0 Å². The van der Waals surface area contributed by atoms with E-state index in [0.29, 0.717) is 6.04 Å². The first-order chi connectivity index (χ1) is 10.0. The molecule has 0 spiro atoms. The predicted molar refractivity (Wildman–Crippen MR) is 88.6 cm³/mol. The summed E-state index contributed by atoms with van der Waals surface area (Å²) in [6.07, 6.45) is 4.03. The van der Waals surface area contributed by atoms with Crippen molar-refractivity contribution in [2.75, 3.05) is 6.54 Å². The molecule has 114 valence electrons. The zero-order valence-electron chi connectivity index (χ0n) is 13.9. The first-order valence-electron chi connectivity index (χ1n) is 7.81. The average molecular weight is 285 g/mol. The van der Waals surface area contributed by atoms with Gasteiger partial charge in [0, 0.05) is 13.2 Å². The second kappa shape index (κ2) is 6.90. The third-order valence-electron chi connectivity index (χ3n) is 4.11. The van der Waals surface area contributed by atoms with E-state index in [9.17, 15) is 0 Å². The van der Waals surface area contributed by atoms with Gasteiger partial charge in [0.25, 0.3) is 0 Å². The van der Waals surface area contributed by atoms with Gasteiger partial charge in [0.05, 0.1) is 11.7 Å². The molecule has 2 aromatic rings. The Morgan fingerprint density at radius 1 is 1.19 bits per heavy atom. The summed E-state index contributed by atoms with van der Waals surface area (Å²) in [6, 6.07) is 6.99. The van der Waals surface area contributed by atoms with Crippen molar-refractivity contribution in [2.45, 2.75) is 46.6 Å². The molecule has 3 heteroatoms. The van der Waals surface area contributed by atoms with Gasteiger partial charge in [0.15, 0.2) is 0 Å². The van der Waals surface area contributed by atoms with Crippen LogP contribution in [0.1, 0.15) is 47.3 Å². The quantitative estimate of drug-likeness (QED) is 0.878. The Morgan fingerprint density at radius 2 is 1.86 bits per heavy atom. The predicted octanol–water partition coefficient (Wildman–Crippen LogP) is 3.63. The van der Waals surface area contributed by atoms with Crippen molar-refractivity contribution in [1.82, 2.24) is 15.1 Å². The molecule has 2 rings (SSSR count). The standard InChI is InChI=1S/C18H27N3/c1-6-8-19-17(18-7-9-20-21(18)5)12-16-14(3)10-13(2)11-15(16)4/h7,9-11,17,19H,6,8,12H2,1-5H3. The third-order valence-corrected chi connectivity index (χ3v) is 4.11. The molecule has 0 amide bonds. The number of nitrogens with one attached hydrogen (secondary N) is 1. The Kier molecular flexibility index (Phi) is 5.18. The molecular formula is C18H27N3. The minimum Gasteiger partial charge on any atom is -0.308 e. The summed E-state index contributed by atoms with van der Waals surface area (Å²) in [4.78, 5) is 0. The van der Waals surface area contributed by atoms with E-state index in [1.54, 1.807) is 0 Å². The number of rotatable bonds is 6. The van der Waals surface area contributed by atoms with Gasteiger partial charge in [-0.1, -0.05) is 24.6 Å². The molecule has 0 bridgehead atoms. The summed E-state index contributed by atoms with van der Waals surface area (Å²) in [5.41, 5.74) is 6.82. The van der Waals surface area contributed by atoms with Gasteiger partial charge in [0.1, 0.15) is 0 Å². The van der Waals surface area contributed by atoms with Gasteiger partial charge in [-0.25, -0.2) is 0 Å².